The fourth-order valence-electron chi connectivity index (χ4n) is 1.86. The van der Waals surface area contributed by atoms with Crippen molar-refractivity contribution in [3.8, 4) is 0 Å². The monoisotopic (exact) mass is 272 g/mol. The van der Waals surface area contributed by atoms with E-state index in [0.717, 1.165) is 25.7 Å². The normalized spacial score (nSPS) is 22.5. The second kappa shape index (κ2) is 9.95. The first-order valence-electron chi connectivity index (χ1n) is 6.85. The van der Waals surface area contributed by atoms with E-state index in [9.17, 15) is 4.79 Å². The first-order valence-corrected chi connectivity index (χ1v) is 6.85. The lowest BCUT2D eigenvalue weighted by atomic mass is 10.0. The van der Waals surface area contributed by atoms with Gasteiger partial charge in [0.2, 0.25) is 0 Å². The van der Waals surface area contributed by atoms with Gasteiger partial charge in [-0.05, 0) is 18.9 Å². The van der Waals surface area contributed by atoms with Crippen molar-refractivity contribution in [1.82, 2.24) is 0 Å². The average Bonchev–Trinajstić information content (AvgIpc) is 2.41. The van der Waals surface area contributed by atoms with Gasteiger partial charge in [0.15, 0.2) is 0 Å². The third-order valence-electron chi connectivity index (χ3n) is 2.92. The molecule has 0 aromatic carbocycles. The molecule has 2 atom stereocenters. The van der Waals surface area contributed by atoms with E-state index in [1.54, 1.807) is 13.2 Å². The molecule has 19 heavy (non-hydrogen) atoms. The number of rotatable bonds is 10. The van der Waals surface area contributed by atoms with E-state index >= 15 is 0 Å². The summed E-state index contributed by atoms with van der Waals surface area (Å²) < 4.78 is 21.0. The number of hydrogen-bond donors (Lipinski definition) is 0. The third-order valence-corrected chi connectivity index (χ3v) is 2.92. The Hall–Kier alpha value is -0.910. The van der Waals surface area contributed by atoms with Crippen LogP contribution in [-0.2, 0) is 23.7 Å². The largest absolute Gasteiger partial charge is 0.456 e. The molecule has 0 amide bonds. The van der Waals surface area contributed by atoms with Crippen molar-refractivity contribution >= 4 is 5.97 Å². The van der Waals surface area contributed by atoms with Gasteiger partial charge in [0.25, 0.3) is 0 Å². The molecule has 0 radical (unpaired) electrons. The number of cyclic esters (lactones) is 1. The van der Waals surface area contributed by atoms with Crippen LogP contribution in [0.5, 0.6) is 0 Å². The maximum atomic E-state index is 11.3. The van der Waals surface area contributed by atoms with E-state index in [2.05, 4.69) is 6.92 Å². The van der Waals surface area contributed by atoms with Crippen molar-refractivity contribution < 1.29 is 23.7 Å². The molecule has 0 fully saturated rings. The molecule has 0 saturated heterocycles. The van der Waals surface area contributed by atoms with Crippen molar-refractivity contribution in [3.63, 3.8) is 0 Å². The summed E-state index contributed by atoms with van der Waals surface area (Å²) in [5, 5.41) is 0. The zero-order chi connectivity index (χ0) is 13.9. The van der Waals surface area contributed by atoms with Crippen molar-refractivity contribution in [2.24, 2.45) is 0 Å². The minimum absolute atomic E-state index is 0.181. The maximum Gasteiger partial charge on any atom is 0.330 e. The van der Waals surface area contributed by atoms with Crippen molar-refractivity contribution in [3.05, 3.63) is 12.2 Å². The highest BCUT2D eigenvalue weighted by molar-refractivity contribution is 5.83. The van der Waals surface area contributed by atoms with Gasteiger partial charge in [-0.1, -0.05) is 19.8 Å². The molecule has 0 aliphatic carbocycles. The summed E-state index contributed by atoms with van der Waals surface area (Å²) in [5.74, 6) is -0.290. The summed E-state index contributed by atoms with van der Waals surface area (Å²) in [6, 6.07) is 0. The topological polar surface area (TPSA) is 54.0 Å². The van der Waals surface area contributed by atoms with E-state index in [-0.39, 0.29) is 25.0 Å². The van der Waals surface area contributed by atoms with Gasteiger partial charge in [-0.3, -0.25) is 0 Å². The van der Waals surface area contributed by atoms with Crippen LogP contribution in [0.15, 0.2) is 12.2 Å². The molecule has 0 aromatic heterocycles. The second-order valence-corrected chi connectivity index (χ2v) is 4.48. The van der Waals surface area contributed by atoms with E-state index < -0.39 is 0 Å². The zero-order valence-electron chi connectivity index (χ0n) is 11.8. The van der Waals surface area contributed by atoms with Crippen molar-refractivity contribution in [2.75, 3.05) is 27.1 Å². The Morgan fingerprint density at radius 2 is 2.16 bits per heavy atom. The van der Waals surface area contributed by atoms with Gasteiger partial charge in [0.05, 0.1) is 13.2 Å². The Labute approximate surface area is 114 Å². The molecule has 1 heterocycles. The third kappa shape index (κ3) is 6.71. The highest BCUT2D eigenvalue weighted by atomic mass is 16.7. The van der Waals surface area contributed by atoms with Crippen LogP contribution in [0.3, 0.4) is 0 Å². The maximum absolute atomic E-state index is 11.3. The Kier molecular flexibility index (Phi) is 8.45. The van der Waals surface area contributed by atoms with E-state index in [0.29, 0.717) is 13.2 Å². The molecule has 1 rings (SSSR count). The average molecular weight is 272 g/mol. The van der Waals surface area contributed by atoms with Crippen LogP contribution < -0.4 is 0 Å². The first kappa shape index (κ1) is 16.1. The zero-order valence-corrected chi connectivity index (χ0v) is 11.8. The quantitative estimate of drug-likeness (QED) is 0.346. The number of methoxy groups -OCH3 is 1. The lowest BCUT2D eigenvalue weighted by Gasteiger charge is -2.27. The van der Waals surface area contributed by atoms with Gasteiger partial charge in [-0.25, -0.2) is 4.79 Å². The smallest absolute Gasteiger partial charge is 0.330 e. The lowest BCUT2D eigenvalue weighted by Crippen LogP contribution is -2.35. The highest BCUT2D eigenvalue weighted by Gasteiger charge is 2.26. The lowest BCUT2D eigenvalue weighted by molar-refractivity contribution is -0.162. The van der Waals surface area contributed by atoms with E-state index in [1.807, 2.05) is 0 Å². The molecule has 0 unspecified atom stereocenters. The molecule has 0 spiro atoms. The molecule has 0 saturated carbocycles. The van der Waals surface area contributed by atoms with Gasteiger partial charge < -0.3 is 18.9 Å². The molecule has 110 valence electrons. The van der Waals surface area contributed by atoms with Gasteiger partial charge in [0.1, 0.15) is 19.0 Å². The summed E-state index contributed by atoms with van der Waals surface area (Å²) in [7, 11) is 1.62. The Bertz CT molecular complexity index is 277. The van der Waals surface area contributed by atoms with Gasteiger partial charge in [0, 0.05) is 13.2 Å². The van der Waals surface area contributed by atoms with E-state index in [1.165, 1.54) is 6.08 Å². The van der Waals surface area contributed by atoms with Crippen LogP contribution in [0.4, 0.5) is 0 Å². The van der Waals surface area contributed by atoms with Gasteiger partial charge in [-0.2, -0.15) is 0 Å². The first-order chi connectivity index (χ1) is 9.27. The molecule has 0 N–H and O–H groups in total. The van der Waals surface area contributed by atoms with Crippen LogP contribution in [-0.4, -0.2) is 45.3 Å². The SMILES string of the molecule is CCCCC[C@@H]1OC(=O)C=C[C@@H]1OCOCCOC. The summed E-state index contributed by atoms with van der Waals surface area (Å²) >= 11 is 0. The predicted octanol–water partition coefficient (Wildman–Crippen LogP) is 2.05. The minimum Gasteiger partial charge on any atom is -0.456 e. The Morgan fingerprint density at radius 3 is 2.89 bits per heavy atom. The fourth-order valence-corrected chi connectivity index (χ4v) is 1.86. The summed E-state index contributed by atoms with van der Waals surface area (Å²) in [6.07, 6.45) is 6.89. The second-order valence-electron chi connectivity index (χ2n) is 4.48. The van der Waals surface area contributed by atoms with Crippen molar-refractivity contribution in [2.45, 2.75) is 44.8 Å². The number of unbranched alkanes of at least 4 members (excludes halogenated alkanes) is 2. The Morgan fingerprint density at radius 1 is 1.32 bits per heavy atom. The molecule has 1 aliphatic rings. The molecule has 1 aliphatic heterocycles. The minimum atomic E-state index is -0.290. The Balaban J connectivity index is 2.29. The van der Waals surface area contributed by atoms with Crippen LogP contribution >= 0.6 is 0 Å². The van der Waals surface area contributed by atoms with Gasteiger partial charge in [-0.15, -0.1) is 0 Å². The standard InChI is InChI=1S/C14H24O5/c1-3-4-5-6-13-12(7-8-14(15)19-13)18-11-17-10-9-16-2/h7-8,12-13H,3-6,9-11H2,1-2H3/t12-,13-/m0/s1. The molecular weight excluding hydrogens is 248 g/mol. The predicted molar refractivity (Wildman–Crippen MR) is 70.7 cm³/mol. The summed E-state index contributed by atoms with van der Waals surface area (Å²) in [6.45, 7) is 3.36. The van der Waals surface area contributed by atoms with Crippen LogP contribution in [0.1, 0.15) is 32.6 Å². The fraction of sp³-hybridized carbons (Fsp3) is 0.786. The molecule has 0 aromatic rings. The summed E-state index contributed by atoms with van der Waals surface area (Å²) in [4.78, 5) is 11.3. The number of ether oxygens (including phenoxy) is 4. The number of carbonyl (C=O) groups excluding carboxylic acids is 1. The number of carbonyl (C=O) groups is 1. The number of esters is 1. The molecule has 0 bridgehead atoms. The van der Waals surface area contributed by atoms with Gasteiger partial charge >= 0.3 is 5.97 Å². The van der Waals surface area contributed by atoms with E-state index in [4.69, 9.17) is 18.9 Å². The van der Waals surface area contributed by atoms with Crippen molar-refractivity contribution in [1.29, 1.82) is 0 Å². The molecular formula is C14H24O5. The van der Waals surface area contributed by atoms with Crippen LogP contribution in [0.2, 0.25) is 0 Å². The highest BCUT2D eigenvalue weighted by Crippen LogP contribution is 2.18. The molecule has 5 nitrogen and oxygen atoms in total. The summed E-state index contributed by atoms with van der Waals surface area (Å²) in [5.41, 5.74) is 0. The number of hydrogen-bond acceptors (Lipinski definition) is 5. The van der Waals surface area contributed by atoms with Crippen LogP contribution in [0.25, 0.3) is 0 Å². The van der Waals surface area contributed by atoms with Crippen LogP contribution in [0, 0.1) is 0 Å². The molecule has 5 heteroatoms.